The topological polar surface area (TPSA) is 30.5 Å². The van der Waals surface area contributed by atoms with E-state index in [0.29, 0.717) is 0 Å². The fourth-order valence-electron chi connectivity index (χ4n) is 8.21. The van der Waals surface area contributed by atoms with Crippen molar-refractivity contribution >= 4 is 59.0 Å². The molecule has 8 rings (SSSR count). The molecule has 0 saturated carbocycles. The lowest BCUT2D eigenvalue weighted by Gasteiger charge is -2.36. The fraction of sp³-hybridized carbons (Fsp3) is 0.111. The normalized spacial score (nSPS) is 11.4. The third-order valence-electron chi connectivity index (χ3n) is 10.9. The lowest BCUT2D eigenvalue weighted by atomic mass is 10.2. The van der Waals surface area contributed by atoms with Crippen molar-refractivity contribution in [3.05, 3.63) is 242 Å². The second kappa shape index (κ2) is 20.1. The first-order valence-electron chi connectivity index (χ1n) is 20.7. The quantitative estimate of drug-likeness (QED) is 0.0873. The van der Waals surface area contributed by atoms with E-state index in [9.17, 15) is 0 Å². The summed E-state index contributed by atoms with van der Waals surface area (Å²) in [6, 6.07) is 83.0. The molecule has 0 aliphatic carbocycles. The minimum Gasteiger partial charge on any atom is -0.400 e. The van der Waals surface area contributed by atoms with Crippen molar-refractivity contribution in [1.29, 1.82) is 0 Å². The summed E-state index contributed by atoms with van der Waals surface area (Å²) < 4.78 is 0. The highest BCUT2D eigenvalue weighted by Crippen LogP contribution is 2.22. The third-order valence-corrected chi connectivity index (χ3v) is 19.4. The van der Waals surface area contributed by atoms with Gasteiger partial charge in [-0.3, -0.25) is 0 Å². The summed E-state index contributed by atoms with van der Waals surface area (Å²) in [6.45, 7) is 1.79. The maximum atomic E-state index is 4.13. The molecule has 2 N–H and O–H groups in total. The van der Waals surface area contributed by atoms with Crippen LogP contribution in [0.1, 0.15) is 11.1 Å². The molecule has 0 fully saturated rings. The average molecular weight is 817 g/mol. The predicted molar refractivity (Wildman–Crippen MR) is 263 cm³/mol. The summed E-state index contributed by atoms with van der Waals surface area (Å²) >= 11 is 0. The molecule has 300 valence electrons. The Hall–Kier alpha value is -6.29. The number of anilines is 2. The van der Waals surface area contributed by atoms with Crippen molar-refractivity contribution in [2.75, 3.05) is 38.2 Å². The molecule has 0 spiro atoms. The third kappa shape index (κ3) is 9.60. The molecule has 8 aromatic carbocycles. The number of benzene rings is 8. The molecule has 0 saturated heterocycles. The largest absolute Gasteiger partial charge is 0.400 e. The molecule has 0 unspecified atom stereocenters. The molecule has 60 heavy (non-hydrogen) atoms. The van der Waals surface area contributed by atoms with Crippen LogP contribution < -0.4 is 41.1 Å². The molecule has 0 aliphatic heterocycles. The molecule has 0 heterocycles. The number of hydrogen-bond acceptors (Lipinski definition) is 4. The van der Waals surface area contributed by atoms with Crippen LogP contribution >= 0.6 is 0 Å². The Morgan fingerprint density at radius 2 is 0.483 bits per heavy atom. The van der Waals surface area contributed by atoms with Gasteiger partial charge in [0, 0.05) is 24.5 Å². The van der Waals surface area contributed by atoms with Gasteiger partial charge >= 0.3 is 0 Å². The highest BCUT2D eigenvalue weighted by molar-refractivity contribution is 7.14. The molecular formula is C54H56N4Si2. The van der Waals surface area contributed by atoms with Crippen LogP contribution in [0.15, 0.2) is 231 Å². The molecule has 0 aromatic heterocycles. The highest BCUT2D eigenvalue weighted by atomic mass is 28.3. The second-order valence-corrected chi connectivity index (χ2v) is 22.7. The average Bonchev–Trinajstić information content (AvgIpc) is 3.30. The summed E-state index contributed by atoms with van der Waals surface area (Å²) in [5.74, 6) is 0. The van der Waals surface area contributed by atoms with Crippen molar-refractivity contribution in [1.82, 2.24) is 9.80 Å². The van der Waals surface area contributed by atoms with Gasteiger partial charge in [0.05, 0.1) is 0 Å². The van der Waals surface area contributed by atoms with Gasteiger partial charge in [-0.15, -0.1) is 0 Å². The van der Waals surface area contributed by atoms with Gasteiger partial charge in [0.25, 0.3) is 16.5 Å². The summed E-state index contributed by atoms with van der Waals surface area (Å²) in [7, 11) is 3.44. The Morgan fingerprint density at radius 3 is 0.700 bits per heavy atom. The van der Waals surface area contributed by atoms with Crippen LogP contribution in [0.2, 0.25) is 0 Å². The number of hydrogen-bond donors (Lipinski definition) is 2. The van der Waals surface area contributed by atoms with Crippen molar-refractivity contribution < 1.29 is 0 Å². The predicted octanol–water partition coefficient (Wildman–Crippen LogP) is 7.65. The van der Waals surface area contributed by atoms with E-state index in [0.717, 1.165) is 13.1 Å². The van der Waals surface area contributed by atoms with E-state index < -0.39 is 16.5 Å². The number of rotatable bonds is 14. The minimum absolute atomic E-state index is 0.895. The Morgan fingerprint density at radius 1 is 0.283 bits per heavy atom. The van der Waals surface area contributed by atoms with E-state index in [2.05, 4.69) is 278 Å². The zero-order chi connectivity index (χ0) is 41.6. The molecule has 0 bridgehead atoms. The first-order chi connectivity index (χ1) is 29.4. The van der Waals surface area contributed by atoms with Gasteiger partial charge in [-0.25, -0.2) is 0 Å². The van der Waals surface area contributed by atoms with E-state index in [1.165, 1.54) is 53.6 Å². The van der Waals surface area contributed by atoms with E-state index in [1.807, 2.05) is 0 Å². The van der Waals surface area contributed by atoms with Crippen molar-refractivity contribution in [3.8, 4) is 0 Å². The Kier molecular flexibility index (Phi) is 14.0. The van der Waals surface area contributed by atoms with Gasteiger partial charge in [0.1, 0.15) is 0 Å². The molecular weight excluding hydrogens is 761 g/mol. The molecule has 0 atom stereocenters. The van der Waals surface area contributed by atoms with Crippen LogP contribution in [0.5, 0.6) is 0 Å². The molecule has 8 aromatic rings. The maximum Gasteiger partial charge on any atom is 0.250 e. The Labute approximate surface area is 360 Å². The standard InChI is InChI=1S/2C27H28N2Si/c2*1-29(2)22-23-14-12-13-21-27(23)28-30(24-15-6-3-7-16-24,25-17-8-4-9-18-25)26-19-10-5-11-20-26/h2*3-21,28H,22H2,1-2H3. The molecule has 0 aliphatic rings. The molecule has 0 radical (unpaired) electrons. The van der Waals surface area contributed by atoms with Crippen molar-refractivity contribution in [2.24, 2.45) is 0 Å². The number of nitrogens with one attached hydrogen (secondary N) is 2. The lowest BCUT2D eigenvalue weighted by Crippen LogP contribution is -2.72. The number of nitrogens with zero attached hydrogens (tertiary/aromatic N) is 2. The van der Waals surface area contributed by atoms with Gasteiger partial charge in [-0.2, -0.15) is 0 Å². The molecule has 6 heteroatoms. The van der Waals surface area contributed by atoms with Gasteiger partial charge in [-0.1, -0.05) is 218 Å². The first kappa shape index (κ1) is 41.9. The summed E-state index contributed by atoms with van der Waals surface area (Å²) in [5.41, 5.74) is 5.02. The van der Waals surface area contributed by atoms with Crippen LogP contribution in [-0.4, -0.2) is 54.5 Å². The van der Waals surface area contributed by atoms with Gasteiger partial charge in [-0.05, 0) is 82.6 Å². The Balaban J connectivity index is 0.000000181. The van der Waals surface area contributed by atoms with Gasteiger partial charge in [0.2, 0.25) is 0 Å². The van der Waals surface area contributed by atoms with Crippen LogP contribution in [0.25, 0.3) is 0 Å². The van der Waals surface area contributed by atoms with Crippen LogP contribution in [0.3, 0.4) is 0 Å². The smallest absolute Gasteiger partial charge is 0.250 e. The summed E-state index contributed by atoms with van der Waals surface area (Å²) in [4.78, 5) is 12.7. The van der Waals surface area contributed by atoms with Gasteiger partial charge < -0.3 is 19.8 Å². The summed E-state index contributed by atoms with van der Waals surface area (Å²) in [6.07, 6.45) is 0. The monoisotopic (exact) mass is 816 g/mol. The van der Waals surface area contributed by atoms with E-state index in [1.54, 1.807) is 0 Å². The van der Waals surface area contributed by atoms with Crippen LogP contribution in [0.4, 0.5) is 11.4 Å². The molecule has 4 nitrogen and oxygen atoms in total. The summed E-state index contributed by atoms with van der Waals surface area (Å²) in [5, 5.41) is 8.09. The lowest BCUT2D eigenvalue weighted by molar-refractivity contribution is 0.403. The van der Waals surface area contributed by atoms with E-state index in [-0.39, 0.29) is 0 Å². The van der Waals surface area contributed by atoms with Gasteiger partial charge in [0.15, 0.2) is 0 Å². The Bertz CT molecular complexity index is 2110. The van der Waals surface area contributed by atoms with Crippen molar-refractivity contribution in [3.63, 3.8) is 0 Å². The van der Waals surface area contributed by atoms with Crippen LogP contribution in [-0.2, 0) is 13.1 Å². The van der Waals surface area contributed by atoms with E-state index in [4.69, 9.17) is 0 Å². The highest BCUT2D eigenvalue weighted by Gasteiger charge is 2.42. The zero-order valence-electron chi connectivity index (χ0n) is 35.2. The zero-order valence-corrected chi connectivity index (χ0v) is 37.2. The first-order valence-corrected chi connectivity index (χ1v) is 24.7. The van der Waals surface area contributed by atoms with E-state index >= 15 is 0 Å². The second-order valence-electron chi connectivity index (χ2n) is 15.7. The molecule has 0 amide bonds. The SMILES string of the molecule is CN(C)Cc1ccccc1N[Si](c1ccccc1)(c1ccccc1)c1ccccc1.CN(C)Cc1ccccc1N[Si](c1ccccc1)(c1ccccc1)c1ccccc1. The van der Waals surface area contributed by atoms with Crippen LogP contribution in [0, 0.1) is 0 Å². The van der Waals surface area contributed by atoms with Crippen molar-refractivity contribution in [2.45, 2.75) is 13.1 Å². The minimum atomic E-state index is -2.52. The maximum absolute atomic E-state index is 4.13. The number of para-hydroxylation sites is 2. The fourth-order valence-corrected chi connectivity index (χ4v) is 16.5.